The zero-order valence-electron chi connectivity index (χ0n) is 17.9. The molecule has 0 atom stereocenters. The van der Waals surface area contributed by atoms with Gasteiger partial charge in [0.25, 0.3) is 0 Å². The van der Waals surface area contributed by atoms with E-state index in [1.165, 1.54) is 11.3 Å². The molecule has 1 N–H and O–H groups in total. The normalized spacial score (nSPS) is 14.5. The van der Waals surface area contributed by atoms with Gasteiger partial charge < -0.3 is 10.2 Å². The summed E-state index contributed by atoms with van der Waals surface area (Å²) in [4.78, 5) is 17.2. The zero-order valence-corrected chi connectivity index (χ0v) is 17.9. The number of carbonyl (C=O) groups excluding carboxylic acids is 1. The van der Waals surface area contributed by atoms with Crippen LogP contribution in [0.4, 0.5) is 5.69 Å². The lowest BCUT2D eigenvalue weighted by molar-refractivity contribution is -0.120. The van der Waals surface area contributed by atoms with E-state index in [0.29, 0.717) is 13.0 Å². The fraction of sp³-hybridized carbons (Fsp3) is 0.391. The molecule has 4 rings (SSSR count). The maximum atomic E-state index is 12.2. The van der Waals surface area contributed by atoms with Crippen LogP contribution in [0, 0.1) is 6.92 Å². The topological polar surface area (TPSA) is 79.2 Å². The fourth-order valence-electron chi connectivity index (χ4n) is 3.88. The Balaban J connectivity index is 1.12. The Hall–Kier alpha value is -3.26. The third kappa shape index (κ3) is 5.88. The van der Waals surface area contributed by atoms with Crippen molar-refractivity contribution in [2.75, 3.05) is 44.2 Å². The van der Waals surface area contributed by atoms with Crippen LogP contribution >= 0.6 is 0 Å². The lowest BCUT2D eigenvalue weighted by Gasteiger charge is -2.36. The Labute approximate surface area is 182 Å². The summed E-state index contributed by atoms with van der Waals surface area (Å²) in [5.74, 6) is 0.0550. The fourth-order valence-corrected chi connectivity index (χ4v) is 3.88. The largest absolute Gasteiger partial charge is 0.369 e. The molecule has 1 saturated heterocycles. The quantitative estimate of drug-likeness (QED) is 0.562. The number of amides is 1. The molecule has 0 bridgehead atoms. The number of benzene rings is 2. The van der Waals surface area contributed by atoms with Gasteiger partial charge in [-0.05, 0) is 65.7 Å². The number of nitrogens with one attached hydrogen (secondary N) is 1. The summed E-state index contributed by atoms with van der Waals surface area (Å²) in [5.41, 5.74) is 4.47. The lowest BCUT2D eigenvalue weighted by Crippen LogP contribution is -2.47. The molecule has 162 valence electrons. The molecule has 2 aromatic carbocycles. The van der Waals surface area contributed by atoms with E-state index in [2.05, 4.69) is 61.8 Å². The van der Waals surface area contributed by atoms with Gasteiger partial charge in [-0.2, -0.15) is 0 Å². The first-order valence-corrected chi connectivity index (χ1v) is 10.8. The van der Waals surface area contributed by atoms with E-state index >= 15 is 0 Å². The summed E-state index contributed by atoms with van der Waals surface area (Å²) in [6, 6.07) is 16.4. The third-order valence-corrected chi connectivity index (χ3v) is 5.63. The van der Waals surface area contributed by atoms with Gasteiger partial charge in [0.15, 0.2) is 0 Å². The average Bonchev–Trinajstić information content (AvgIpc) is 3.33. The number of tetrazole rings is 1. The van der Waals surface area contributed by atoms with Crippen LogP contribution in [0.3, 0.4) is 0 Å². The first-order valence-electron chi connectivity index (χ1n) is 10.8. The van der Waals surface area contributed by atoms with Crippen molar-refractivity contribution < 1.29 is 4.79 Å². The highest BCUT2D eigenvalue weighted by Gasteiger charge is 2.16. The highest BCUT2D eigenvalue weighted by molar-refractivity contribution is 5.78. The monoisotopic (exact) mass is 419 g/mol. The van der Waals surface area contributed by atoms with Crippen molar-refractivity contribution in [2.45, 2.75) is 19.8 Å². The predicted octanol–water partition coefficient (Wildman–Crippen LogP) is 1.84. The molecule has 0 spiro atoms. The van der Waals surface area contributed by atoms with Crippen LogP contribution in [0.15, 0.2) is 54.9 Å². The Morgan fingerprint density at radius 1 is 1.03 bits per heavy atom. The summed E-state index contributed by atoms with van der Waals surface area (Å²) in [6.07, 6.45) is 2.89. The Morgan fingerprint density at radius 3 is 2.55 bits per heavy atom. The van der Waals surface area contributed by atoms with Crippen molar-refractivity contribution in [1.29, 1.82) is 0 Å². The molecule has 0 radical (unpaired) electrons. The van der Waals surface area contributed by atoms with Crippen molar-refractivity contribution in [2.24, 2.45) is 0 Å². The summed E-state index contributed by atoms with van der Waals surface area (Å²) in [7, 11) is 0. The first kappa shape index (κ1) is 21.0. The average molecular weight is 420 g/mol. The molecule has 0 aliphatic carbocycles. The van der Waals surface area contributed by atoms with Crippen LogP contribution in [-0.2, 0) is 11.2 Å². The maximum Gasteiger partial charge on any atom is 0.224 e. The van der Waals surface area contributed by atoms with Crippen molar-refractivity contribution >= 4 is 11.6 Å². The Morgan fingerprint density at radius 2 is 1.84 bits per heavy atom. The number of anilines is 1. The van der Waals surface area contributed by atoms with Crippen LogP contribution in [0.25, 0.3) is 5.69 Å². The number of carbonyl (C=O) groups is 1. The summed E-state index contributed by atoms with van der Waals surface area (Å²) < 4.78 is 1.59. The van der Waals surface area contributed by atoms with Crippen LogP contribution in [0.2, 0.25) is 0 Å². The molecule has 0 saturated carbocycles. The molecule has 1 amide bonds. The molecule has 31 heavy (non-hydrogen) atoms. The van der Waals surface area contributed by atoms with E-state index in [1.807, 2.05) is 24.3 Å². The van der Waals surface area contributed by atoms with Gasteiger partial charge in [0.1, 0.15) is 6.33 Å². The summed E-state index contributed by atoms with van der Waals surface area (Å²) >= 11 is 0. The molecule has 3 aromatic rings. The molecular weight excluding hydrogens is 390 g/mol. The second kappa shape index (κ2) is 10.2. The zero-order chi connectivity index (χ0) is 21.5. The van der Waals surface area contributed by atoms with Crippen LogP contribution in [0.1, 0.15) is 17.5 Å². The minimum Gasteiger partial charge on any atom is -0.369 e. The van der Waals surface area contributed by atoms with Gasteiger partial charge in [0, 0.05) is 38.4 Å². The maximum absolute atomic E-state index is 12.2. The second-order valence-electron chi connectivity index (χ2n) is 7.97. The minimum atomic E-state index is 0.0550. The van der Waals surface area contributed by atoms with Gasteiger partial charge in [-0.15, -0.1) is 5.10 Å². The predicted molar refractivity (Wildman–Crippen MR) is 120 cm³/mol. The number of hydrogen-bond donors (Lipinski definition) is 1. The number of rotatable bonds is 8. The summed E-state index contributed by atoms with van der Waals surface area (Å²) in [5, 5.41) is 14.2. The van der Waals surface area contributed by atoms with E-state index in [-0.39, 0.29) is 5.91 Å². The smallest absolute Gasteiger partial charge is 0.224 e. The standard InChI is InChI=1S/C23H29N7O/c1-19-4-2-5-22(16-19)29-14-12-28(13-15-29)11-3-10-24-23(31)17-20-6-8-21(9-7-20)30-18-25-26-27-30/h2,4-9,16,18H,3,10-15,17H2,1H3,(H,24,31). The van der Waals surface area contributed by atoms with E-state index < -0.39 is 0 Å². The van der Waals surface area contributed by atoms with Crippen molar-refractivity contribution in [3.8, 4) is 5.69 Å². The molecule has 1 aliphatic rings. The van der Waals surface area contributed by atoms with Gasteiger partial charge in [0.2, 0.25) is 5.91 Å². The van der Waals surface area contributed by atoms with Gasteiger partial charge in [-0.25, -0.2) is 4.68 Å². The minimum absolute atomic E-state index is 0.0550. The molecule has 2 heterocycles. The molecule has 8 nitrogen and oxygen atoms in total. The van der Waals surface area contributed by atoms with Gasteiger partial charge >= 0.3 is 0 Å². The highest BCUT2D eigenvalue weighted by Crippen LogP contribution is 2.17. The molecule has 8 heteroatoms. The van der Waals surface area contributed by atoms with Crippen molar-refractivity contribution in [1.82, 2.24) is 30.4 Å². The van der Waals surface area contributed by atoms with Crippen LogP contribution < -0.4 is 10.2 Å². The molecular formula is C23H29N7O. The SMILES string of the molecule is Cc1cccc(N2CCN(CCCNC(=O)Cc3ccc(-n4cnnn4)cc3)CC2)c1. The third-order valence-electron chi connectivity index (χ3n) is 5.63. The molecule has 1 aliphatic heterocycles. The number of piperazine rings is 1. The van der Waals surface area contributed by atoms with Gasteiger partial charge in [-0.3, -0.25) is 9.69 Å². The van der Waals surface area contributed by atoms with E-state index in [4.69, 9.17) is 0 Å². The Kier molecular flexibility index (Phi) is 6.89. The van der Waals surface area contributed by atoms with Gasteiger partial charge in [-0.1, -0.05) is 24.3 Å². The molecule has 1 aromatic heterocycles. The number of aryl methyl sites for hydroxylation is 1. The van der Waals surface area contributed by atoms with Crippen LogP contribution in [0.5, 0.6) is 0 Å². The number of hydrogen-bond acceptors (Lipinski definition) is 6. The van der Waals surface area contributed by atoms with Crippen molar-refractivity contribution in [3.63, 3.8) is 0 Å². The number of nitrogens with zero attached hydrogens (tertiary/aromatic N) is 6. The van der Waals surface area contributed by atoms with E-state index in [9.17, 15) is 4.79 Å². The number of aromatic nitrogens is 4. The first-order chi connectivity index (χ1) is 15.2. The van der Waals surface area contributed by atoms with Crippen LogP contribution in [-0.4, -0.2) is 70.3 Å². The highest BCUT2D eigenvalue weighted by atomic mass is 16.1. The Bertz CT molecular complexity index is 964. The molecule has 1 fully saturated rings. The lowest BCUT2D eigenvalue weighted by atomic mass is 10.1. The van der Waals surface area contributed by atoms with Gasteiger partial charge in [0.05, 0.1) is 12.1 Å². The van der Waals surface area contributed by atoms with Crippen molar-refractivity contribution in [3.05, 3.63) is 66.0 Å². The molecule has 0 unspecified atom stereocenters. The van der Waals surface area contributed by atoms with E-state index in [1.54, 1.807) is 11.0 Å². The van der Waals surface area contributed by atoms with E-state index in [0.717, 1.165) is 50.4 Å². The second-order valence-corrected chi connectivity index (χ2v) is 7.97. The summed E-state index contributed by atoms with van der Waals surface area (Å²) in [6.45, 7) is 8.10.